The van der Waals surface area contributed by atoms with Crippen LogP contribution in [0.3, 0.4) is 0 Å². The Hall–Kier alpha value is -2.66. The molecule has 11 heteroatoms. The lowest BCUT2D eigenvalue weighted by Gasteiger charge is -2.45. The summed E-state index contributed by atoms with van der Waals surface area (Å²) in [4.78, 5) is 19.1. The number of carbonyl (C=O) groups excluding carboxylic acids is 1. The van der Waals surface area contributed by atoms with E-state index in [1.807, 2.05) is 25.1 Å². The van der Waals surface area contributed by atoms with Crippen LogP contribution < -0.4 is 15.4 Å². The molecule has 3 aliphatic heterocycles. The lowest BCUT2D eigenvalue weighted by atomic mass is 9.97. The van der Waals surface area contributed by atoms with Crippen molar-refractivity contribution in [2.75, 3.05) is 33.5 Å². The second-order valence-electron chi connectivity index (χ2n) is 9.14. The number of alkyl halides is 1. The molecular formula is C25H29ClN4O5S. The maximum absolute atomic E-state index is 13.2. The van der Waals surface area contributed by atoms with E-state index in [4.69, 9.17) is 42.8 Å². The third-order valence-electron chi connectivity index (χ3n) is 6.62. The zero-order valence-electron chi connectivity index (χ0n) is 20.2. The molecular weight excluding hydrogens is 504 g/mol. The van der Waals surface area contributed by atoms with Gasteiger partial charge in [0.2, 0.25) is 6.23 Å². The first-order valence-electron chi connectivity index (χ1n) is 11.9. The van der Waals surface area contributed by atoms with E-state index in [1.54, 1.807) is 19.5 Å². The van der Waals surface area contributed by atoms with Gasteiger partial charge in [-0.1, -0.05) is 18.3 Å². The van der Waals surface area contributed by atoms with Crippen molar-refractivity contribution in [1.29, 1.82) is 0 Å². The summed E-state index contributed by atoms with van der Waals surface area (Å²) in [6.45, 7) is 4.28. The summed E-state index contributed by atoms with van der Waals surface area (Å²) in [6, 6.07) is 1.92. The molecule has 0 spiro atoms. The molecule has 1 aliphatic carbocycles. The third-order valence-corrected chi connectivity index (χ3v) is 7.25. The standard InChI is InChI=1S/C25H29ClN4O5S/c1-25(26)7-3-4-16(21(25)32-2)29-23(36)20-17(6-9-28-22(20)31)30-13-15-5-8-27-12-18(15)35-24(30)19-14-33-10-11-34-19/h3-5,8,12,19,24H,6-7,9-11,13-14H2,1-2H3,(H,28,31)(H,29,36)/t19-,24?,25?/m0/s1. The Morgan fingerprint density at radius 3 is 3.06 bits per heavy atom. The highest BCUT2D eigenvalue weighted by Crippen LogP contribution is 2.37. The highest BCUT2D eigenvalue weighted by molar-refractivity contribution is 7.80. The second kappa shape index (κ2) is 10.4. The minimum atomic E-state index is -0.713. The lowest BCUT2D eigenvalue weighted by molar-refractivity contribution is -0.164. The van der Waals surface area contributed by atoms with Gasteiger partial charge in [-0.25, -0.2) is 0 Å². The third kappa shape index (κ3) is 4.82. The Morgan fingerprint density at radius 1 is 1.42 bits per heavy atom. The number of pyridine rings is 1. The highest BCUT2D eigenvalue weighted by atomic mass is 35.5. The van der Waals surface area contributed by atoms with Gasteiger partial charge in [-0.2, -0.15) is 0 Å². The van der Waals surface area contributed by atoms with E-state index < -0.39 is 11.1 Å². The van der Waals surface area contributed by atoms with Gasteiger partial charge in [-0.05, 0) is 25.5 Å². The summed E-state index contributed by atoms with van der Waals surface area (Å²) in [7, 11) is 1.58. The number of methoxy groups -OCH3 is 1. The normalized spacial score (nSPS) is 28.3. The Balaban J connectivity index is 1.53. The molecule has 0 bridgehead atoms. The van der Waals surface area contributed by atoms with Crippen LogP contribution in [-0.2, 0) is 25.5 Å². The summed E-state index contributed by atoms with van der Waals surface area (Å²) < 4.78 is 23.7. The van der Waals surface area contributed by atoms with Crippen molar-refractivity contribution < 1.29 is 23.7 Å². The van der Waals surface area contributed by atoms with E-state index in [0.29, 0.717) is 68.5 Å². The van der Waals surface area contributed by atoms with Gasteiger partial charge < -0.3 is 34.5 Å². The Labute approximate surface area is 220 Å². The van der Waals surface area contributed by atoms with Gasteiger partial charge in [0.05, 0.1) is 50.9 Å². The number of nitrogens with one attached hydrogen (secondary N) is 2. The van der Waals surface area contributed by atoms with E-state index >= 15 is 0 Å². The number of nitrogens with zero attached hydrogens (tertiary/aromatic N) is 2. The first kappa shape index (κ1) is 25.0. The summed E-state index contributed by atoms with van der Waals surface area (Å²) in [5.74, 6) is 1.02. The van der Waals surface area contributed by atoms with Crippen molar-refractivity contribution in [3.8, 4) is 5.75 Å². The molecule has 0 radical (unpaired) electrons. The number of thiocarbonyl (C=S) groups is 1. The van der Waals surface area contributed by atoms with Crippen LogP contribution in [0, 0.1) is 0 Å². The number of hydrogen-bond donors (Lipinski definition) is 2. The topological polar surface area (TPSA) is 94.2 Å². The van der Waals surface area contributed by atoms with Crippen LogP contribution in [0.5, 0.6) is 5.75 Å². The van der Waals surface area contributed by atoms with E-state index in [9.17, 15) is 4.79 Å². The summed E-state index contributed by atoms with van der Waals surface area (Å²) in [5.41, 5.74) is 2.76. The van der Waals surface area contributed by atoms with Gasteiger partial charge >= 0.3 is 0 Å². The van der Waals surface area contributed by atoms with Crippen LogP contribution in [-0.4, -0.2) is 71.5 Å². The van der Waals surface area contributed by atoms with Crippen LogP contribution >= 0.6 is 23.8 Å². The average molecular weight is 533 g/mol. The monoisotopic (exact) mass is 532 g/mol. The number of carbonyl (C=O) groups is 1. The minimum absolute atomic E-state index is 0.248. The molecule has 3 atom stereocenters. The van der Waals surface area contributed by atoms with Crippen molar-refractivity contribution in [1.82, 2.24) is 20.5 Å². The molecule has 1 fully saturated rings. The van der Waals surface area contributed by atoms with Crippen molar-refractivity contribution in [3.63, 3.8) is 0 Å². The number of rotatable bonds is 5. The summed E-state index contributed by atoms with van der Waals surface area (Å²) in [5, 5.41) is 6.15. The molecule has 5 rings (SSSR count). The molecule has 0 aromatic carbocycles. The van der Waals surface area contributed by atoms with Crippen LogP contribution in [0.4, 0.5) is 0 Å². The van der Waals surface area contributed by atoms with E-state index in [0.717, 1.165) is 11.3 Å². The van der Waals surface area contributed by atoms with Gasteiger partial charge in [0.25, 0.3) is 5.91 Å². The fourth-order valence-corrected chi connectivity index (χ4v) is 5.51. The van der Waals surface area contributed by atoms with Gasteiger partial charge in [-0.15, -0.1) is 11.6 Å². The molecule has 2 unspecified atom stereocenters. The zero-order chi connectivity index (χ0) is 25.3. The number of fused-ring (bicyclic) bond motifs is 1. The zero-order valence-corrected chi connectivity index (χ0v) is 21.8. The highest BCUT2D eigenvalue weighted by Gasteiger charge is 2.40. The lowest BCUT2D eigenvalue weighted by Crippen LogP contribution is -2.55. The van der Waals surface area contributed by atoms with Crippen LogP contribution in [0.1, 0.15) is 25.3 Å². The molecule has 36 heavy (non-hydrogen) atoms. The van der Waals surface area contributed by atoms with Crippen molar-refractivity contribution >= 4 is 34.7 Å². The number of ether oxygens (including phenoxy) is 4. The maximum Gasteiger partial charge on any atom is 0.256 e. The maximum atomic E-state index is 13.2. The molecule has 4 aliphatic rings. The molecule has 9 nitrogen and oxygen atoms in total. The fraction of sp³-hybridized carbons (Fsp3) is 0.480. The average Bonchev–Trinajstić information content (AvgIpc) is 2.88. The Kier molecular flexibility index (Phi) is 7.21. The molecule has 4 heterocycles. The van der Waals surface area contributed by atoms with E-state index in [1.165, 1.54) is 0 Å². The van der Waals surface area contributed by atoms with Crippen LogP contribution in [0.15, 0.2) is 53.3 Å². The van der Waals surface area contributed by atoms with Crippen LogP contribution in [0.25, 0.3) is 0 Å². The predicted octanol–water partition coefficient (Wildman–Crippen LogP) is 2.52. The number of hydrogen-bond acceptors (Lipinski definition) is 8. The van der Waals surface area contributed by atoms with Gasteiger partial charge in [0, 0.05) is 30.4 Å². The first-order chi connectivity index (χ1) is 17.4. The number of amides is 1. The number of allylic oxidation sites excluding steroid dienone is 3. The quantitative estimate of drug-likeness (QED) is 0.438. The van der Waals surface area contributed by atoms with Crippen molar-refractivity contribution in [3.05, 3.63) is 58.9 Å². The molecule has 192 valence electrons. The molecule has 1 aromatic heterocycles. The Morgan fingerprint density at radius 2 is 2.28 bits per heavy atom. The fourth-order valence-electron chi connectivity index (χ4n) is 4.92. The summed E-state index contributed by atoms with van der Waals surface area (Å²) >= 11 is 12.5. The van der Waals surface area contributed by atoms with Crippen molar-refractivity contribution in [2.45, 2.75) is 43.5 Å². The van der Waals surface area contributed by atoms with Crippen LogP contribution in [0.2, 0.25) is 0 Å². The SMILES string of the molecule is COC1=C(NC(=S)C2=C(N3Cc4ccncc4OC3[C@@H]3COCCO3)CCNC2=O)C=CCC1(C)Cl. The van der Waals surface area contributed by atoms with E-state index in [2.05, 4.69) is 20.5 Å². The number of aromatic nitrogens is 1. The number of halogens is 1. The second-order valence-corrected chi connectivity index (χ2v) is 10.4. The van der Waals surface area contributed by atoms with Crippen molar-refractivity contribution in [2.24, 2.45) is 0 Å². The Bertz CT molecular complexity index is 1150. The van der Waals surface area contributed by atoms with Gasteiger partial charge in [0.15, 0.2) is 0 Å². The first-order valence-corrected chi connectivity index (χ1v) is 12.7. The molecule has 0 saturated carbocycles. The molecule has 1 amide bonds. The van der Waals surface area contributed by atoms with Gasteiger partial charge in [-0.3, -0.25) is 9.78 Å². The summed E-state index contributed by atoms with van der Waals surface area (Å²) in [6.07, 6.45) is 7.62. The largest absolute Gasteiger partial charge is 0.497 e. The molecule has 2 N–H and O–H groups in total. The van der Waals surface area contributed by atoms with Gasteiger partial charge in [0.1, 0.15) is 27.5 Å². The molecule has 1 saturated heterocycles. The minimum Gasteiger partial charge on any atom is -0.497 e. The van der Waals surface area contributed by atoms with E-state index in [-0.39, 0.29) is 17.0 Å². The smallest absolute Gasteiger partial charge is 0.256 e. The predicted molar refractivity (Wildman–Crippen MR) is 137 cm³/mol. The molecule has 1 aromatic rings.